The van der Waals surface area contributed by atoms with Crippen LogP contribution in [0.1, 0.15) is 68.1 Å². The van der Waals surface area contributed by atoms with E-state index in [-0.39, 0.29) is 5.97 Å². The third-order valence-electron chi connectivity index (χ3n) is 8.10. The van der Waals surface area contributed by atoms with Crippen LogP contribution in [0.25, 0.3) is 16.8 Å². The van der Waals surface area contributed by atoms with Crippen LogP contribution in [-0.2, 0) is 19.1 Å². The van der Waals surface area contributed by atoms with Gasteiger partial charge >= 0.3 is 11.9 Å². The number of hydrogen-bond donors (Lipinski definition) is 0. The summed E-state index contributed by atoms with van der Waals surface area (Å²) in [5, 5.41) is 2.22. The van der Waals surface area contributed by atoms with E-state index in [0.717, 1.165) is 90.3 Å². The number of ether oxygens (including phenoxy) is 6. The summed E-state index contributed by atoms with van der Waals surface area (Å²) in [7, 11) is 2.94. The maximum atomic E-state index is 11.3. The Morgan fingerprint density at radius 1 is 0.596 bits per heavy atom. The molecule has 0 bridgehead atoms. The molecule has 52 heavy (non-hydrogen) atoms. The Hall–Kier alpha value is -5.68. The molecule has 0 atom stereocenters. The summed E-state index contributed by atoms with van der Waals surface area (Å²) in [4.78, 5) is 22.4. The molecule has 0 unspecified atom stereocenters. The molecule has 4 aromatic rings. The van der Waals surface area contributed by atoms with E-state index in [1.54, 1.807) is 13.2 Å². The molecule has 0 heterocycles. The number of rotatable bonds is 21. The molecule has 8 nitrogen and oxygen atoms in total. The third-order valence-corrected chi connectivity index (χ3v) is 8.10. The van der Waals surface area contributed by atoms with Gasteiger partial charge in [0.2, 0.25) is 0 Å². The normalized spacial score (nSPS) is 10.7. The largest absolute Gasteiger partial charge is 0.494 e. The highest BCUT2D eigenvalue weighted by Crippen LogP contribution is 2.29. The molecule has 0 aliphatic heterocycles. The van der Waals surface area contributed by atoms with Gasteiger partial charge in [0.15, 0.2) is 11.5 Å². The van der Waals surface area contributed by atoms with Crippen molar-refractivity contribution in [3.63, 3.8) is 0 Å². The van der Waals surface area contributed by atoms with Gasteiger partial charge in [-0.25, -0.2) is 9.59 Å². The van der Waals surface area contributed by atoms with Gasteiger partial charge in [0.05, 0.1) is 40.6 Å². The van der Waals surface area contributed by atoms with Crippen molar-refractivity contribution >= 4 is 28.8 Å². The Labute approximate surface area is 307 Å². The predicted molar refractivity (Wildman–Crippen MR) is 205 cm³/mol. The second-order valence-electron chi connectivity index (χ2n) is 12.0. The topological polar surface area (TPSA) is 89.5 Å². The fourth-order valence-corrected chi connectivity index (χ4v) is 5.22. The smallest absolute Gasteiger partial charge is 0.330 e. The van der Waals surface area contributed by atoms with Gasteiger partial charge in [-0.1, -0.05) is 36.6 Å². The summed E-state index contributed by atoms with van der Waals surface area (Å²) in [6.45, 7) is 5.72. The first-order valence-corrected chi connectivity index (χ1v) is 17.7. The maximum absolute atomic E-state index is 11.3. The van der Waals surface area contributed by atoms with Gasteiger partial charge in [0.25, 0.3) is 0 Å². The molecule has 0 fully saturated rings. The summed E-state index contributed by atoms with van der Waals surface area (Å²) in [5.41, 5.74) is 2.70. The Kier molecular flexibility index (Phi) is 16.7. The van der Waals surface area contributed by atoms with Gasteiger partial charge in [-0.2, -0.15) is 0 Å². The number of carbonyl (C=O) groups is 2. The van der Waals surface area contributed by atoms with E-state index in [4.69, 9.17) is 23.7 Å². The van der Waals surface area contributed by atoms with Crippen LogP contribution in [0.4, 0.5) is 0 Å². The van der Waals surface area contributed by atoms with Crippen molar-refractivity contribution in [3.05, 3.63) is 114 Å². The quantitative estimate of drug-likeness (QED) is 0.0367. The van der Waals surface area contributed by atoms with Crippen molar-refractivity contribution in [2.24, 2.45) is 0 Å². The lowest BCUT2D eigenvalue weighted by atomic mass is 10.1. The zero-order chi connectivity index (χ0) is 36.8. The molecule has 0 aliphatic rings. The molecule has 8 heteroatoms. The fourth-order valence-electron chi connectivity index (χ4n) is 5.22. The molecule has 0 N–H and O–H groups in total. The minimum absolute atomic E-state index is 0.369. The van der Waals surface area contributed by atoms with Crippen molar-refractivity contribution in [1.82, 2.24) is 0 Å². The molecule has 4 aromatic carbocycles. The Morgan fingerprint density at radius 3 is 1.88 bits per heavy atom. The number of hydrogen-bond acceptors (Lipinski definition) is 8. The van der Waals surface area contributed by atoms with E-state index in [9.17, 15) is 9.59 Å². The molecule has 4 rings (SSSR count). The van der Waals surface area contributed by atoms with Crippen LogP contribution >= 0.6 is 0 Å². The average Bonchev–Trinajstić information content (AvgIpc) is 3.18. The van der Waals surface area contributed by atoms with Gasteiger partial charge in [-0.15, -0.1) is 0 Å². The standard InChI is InChI=1S/C44H48O8/c1-4-43(45)52-30-12-8-6-10-28-50-40-24-21-37-31-35(15-20-38(37)33-40)14-13-34-16-22-39(23-17-34)49-27-9-5-7-11-29-51-41-25-18-36(32-42(41)47-2)19-26-44(46)48-3/h4,15-26,31-33H,1,5-12,27-30H2,2-3H3. The lowest BCUT2D eigenvalue weighted by Gasteiger charge is -2.11. The minimum Gasteiger partial charge on any atom is -0.494 e. The van der Waals surface area contributed by atoms with Crippen LogP contribution in [-0.4, -0.2) is 52.6 Å². The first-order valence-electron chi connectivity index (χ1n) is 17.7. The van der Waals surface area contributed by atoms with E-state index in [1.165, 1.54) is 19.3 Å². The molecule has 0 saturated heterocycles. The lowest BCUT2D eigenvalue weighted by Crippen LogP contribution is -2.02. The zero-order valence-electron chi connectivity index (χ0n) is 30.2. The second kappa shape index (κ2) is 22.2. The van der Waals surface area contributed by atoms with Gasteiger partial charge in [0.1, 0.15) is 11.5 Å². The summed E-state index contributed by atoms with van der Waals surface area (Å²) in [5.74, 6) is 8.74. The molecular formula is C44H48O8. The molecule has 0 saturated carbocycles. The van der Waals surface area contributed by atoms with Crippen molar-refractivity contribution in [1.29, 1.82) is 0 Å². The Balaban J connectivity index is 1.10. The molecule has 0 amide bonds. The monoisotopic (exact) mass is 704 g/mol. The molecule has 0 aromatic heterocycles. The maximum Gasteiger partial charge on any atom is 0.330 e. The van der Waals surface area contributed by atoms with E-state index >= 15 is 0 Å². The highest BCUT2D eigenvalue weighted by molar-refractivity contribution is 5.87. The first kappa shape index (κ1) is 39.1. The van der Waals surface area contributed by atoms with Gasteiger partial charge < -0.3 is 28.4 Å². The van der Waals surface area contributed by atoms with Crippen LogP contribution in [0.5, 0.6) is 23.0 Å². The molecular weight excluding hydrogens is 656 g/mol. The molecule has 0 spiro atoms. The number of benzene rings is 4. The van der Waals surface area contributed by atoms with Crippen LogP contribution in [0.3, 0.4) is 0 Å². The second-order valence-corrected chi connectivity index (χ2v) is 12.0. The third kappa shape index (κ3) is 13.9. The summed E-state index contributed by atoms with van der Waals surface area (Å²) in [6.07, 6.45) is 12.0. The van der Waals surface area contributed by atoms with Crippen molar-refractivity contribution in [3.8, 4) is 34.8 Å². The average molecular weight is 705 g/mol. The van der Waals surface area contributed by atoms with Crippen LogP contribution < -0.4 is 18.9 Å². The van der Waals surface area contributed by atoms with E-state index in [2.05, 4.69) is 47.4 Å². The molecule has 0 radical (unpaired) electrons. The Bertz CT molecular complexity index is 1830. The number of unbranched alkanes of at least 4 members (excludes halogenated alkanes) is 6. The molecule has 272 valence electrons. The minimum atomic E-state index is -0.409. The first-order chi connectivity index (χ1) is 25.5. The SMILES string of the molecule is C=CC(=O)OCCCCCCOc1ccc2cc(C#Cc3ccc(OCCCCCCOc4ccc(C=CC(=O)OC)cc4OC)cc3)ccc2c1. The zero-order valence-corrected chi connectivity index (χ0v) is 30.2. The highest BCUT2D eigenvalue weighted by Gasteiger charge is 2.06. The number of carbonyl (C=O) groups excluding carboxylic acids is 2. The van der Waals surface area contributed by atoms with Crippen molar-refractivity contribution in [2.75, 3.05) is 40.6 Å². The lowest BCUT2D eigenvalue weighted by molar-refractivity contribution is -0.138. The summed E-state index contributed by atoms with van der Waals surface area (Å²) >= 11 is 0. The van der Waals surface area contributed by atoms with E-state index < -0.39 is 5.97 Å². The van der Waals surface area contributed by atoms with Gasteiger partial charge in [0, 0.05) is 23.3 Å². The Morgan fingerprint density at radius 2 is 1.19 bits per heavy atom. The van der Waals surface area contributed by atoms with Crippen molar-refractivity contribution < 1.29 is 38.0 Å². The van der Waals surface area contributed by atoms with Crippen LogP contribution in [0, 0.1) is 11.8 Å². The van der Waals surface area contributed by atoms with Crippen LogP contribution in [0.2, 0.25) is 0 Å². The summed E-state index contributed by atoms with van der Waals surface area (Å²) < 4.78 is 32.9. The fraction of sp³-hybridized carbons (Fsp3) is 0.318. The van der Waals surface area contributed by atoms with E-state index in [1.807, 2.05) is 54.6 Å². The van der Waals surface area contributed by atoms with Crippen LogP contribution in [0.15, 0.2) is 97.6 Å². The number of fused-ring (bicyclic) bond motifs is 1. The molecule has 0 aliphatic carbocycles. The van der Waals surface area contributed by atoms with Crippen molar-refractivity contribution in [2.45, 2.75) is 51.4 Å². The highest BCUT2D eigenvalue weighted by atomic mass is 16.5. The van der Waals surface area contributed by atoms with Gasteiger partial charge in [-0.3, -0.25) is 0 Å². The summed E-state index contributed by atoms with van der Waals surface area (Å²) in [6, 6.07) is 25.8. The number of methoxy groups -OCH3 is 2. The number of esters is 2. The van der Waals surface area contributed by atoms with Gasteiger partial charge in [-0.05, 0) is 134 Å². The van der Waals surface area contributed by atoms with E-state index in [0.29, 0.717) is 37.9 Å². The predicted octanol–water partition coefficient (Wildman–Crippen LogP) is 9.12.